The number of benzene rings is 1. The summed E-state index contributed by atoms with van der Waals surface area (Å²) < 4.78 is 45.4. The predicted molar refractivity (Wildman–Crippen MR) is 67.3 cm³/mol. The van der Waals surface area contributed by atoms with Gasteiger partial charge in [-0.05, 0) is 17.7 Å². The Morgan fingerprint density at radius 2 is 1.80 bits per heavy atom. The molecule has 4 nitrogen and oxygen atoms in total. The topological polar surface area (TPSA) is 47.7 Å². The minimum Gasteiger partial charge on any atom is -0.406 e. The molecule has 0 aliphatic carbocycles. The molecule has 1 unspecified atom stereocenters. The lowest BCUT2D eigenvalue weighted by Gasteiger charge is -2.34. The van der Waals surface area contributed by atoms with Crippen LogP contribution in [0.25, 0.3) is 0 Å². The fourth-order valence-electron chi connectivity index (χ4n) is 2.28. The van der Waals surface area contributed by atoms with Crippen LogP contribution in [-0.2, 0) is 4.74 Å². The Hall–Kier alpha value is -1.31. The van der Waals surface area contributed by atoms with Gasteiger partial charge in [-0.3, -0.25) is 4.90 Å². The summed E-state index contributed by atoms with van der Waals surface area (Å²) in [6.07, 6.45) is -4.67. The van der Waals surface area contributed by atoms with E-state index >= 15 is 0 Å². The van der Waals surface area contributed by atoms with Gasteiger partial charge in [-0.25, -0.2) is 0 Å². The molecule has 20 heavy (non-hydrogen) atoms. The Balaban J connectivity index is 2.06. The van der Waals surface area contributed by atoms with Crippen molar-refractivity contribution in [1.29, 1.82) is 0 Å². The van der Waals surface area contributed by atoms with Crippen LogP contribution in [-0.4, -0.2) is 44.1 Å². The first kappa shape index (κ1) is 15.1. The predicted octanol–water partition coefficient (Wildman–Crippen LogP) is 1.92. The zero-order valence-corrected chi connectivity index (χ0v) is 10.9. The monoisotopic (exact) mass is 290 g/mol. The first-order chi connectivity index (χ1) is 9.49. The van der Waals surface area contributed by atoms with E-state index in [1.54, 1.807) is 12.1 Å². The summed E-state index contributed by atoms with van der Waals surface area (Å²) >= 11 is 0. The first-order valence-corrected chi connectivity index (χ1v) is 6.37. The molecule has 0 aromatic heterocycles. The zero-order chi connectivity index (χ0) is 14.6. The van der Waals surface area contributed by atoms with Crippen LogP contribution in [0.2, 0.25) is 0 Å². The number of alkyl halides is 3. The van der Waals surface area contributed by atoms with E-state index in [1.807, 2.05) is 0 Å². The number of hydrogen-bond acceptors (Lipinski definition) is 4. The Labute approximate surface area is 115 Å². The average Bonchev–Trinajstić information content (AvgIpc) is 2.41. The second-order valence-electron chi connectivity index (χ2n) is 4.52. The Bertz CT molecular complexity index is 417. The van der Waals surface area contributed by atoms with E-state index in [0.29, 0.717) is 19.8 Å². The lowest BCUT2D eigenvalue weighted by atomic mass is 10.0. The third-order valence-electron chi connectivity index (χ3n) is 3.21. The minimum absolute atomic E-state index is 0.0150. The van der Waals surface area contributed by atoms with Crippen molar-refractivity contribution in [3.8, 4) is 5.75 Å². The Morgan fingerprint density at radius 3 is 2.30 bits per heavy atom. The average molecular weight is 290 g/mol. The van der Waals surface area contributed by atoms with Gasteiger partial charge in [-0.2, -0.15) is 0 Å². The van der Waals surface area contributed by atoms with Gasteiger partial charge >= 0.3 is 6.36 Å². The van der Waals surface area contributed by atoms with Crippen molar-refractivity contribution in [2.45, 2.75) is 12.4 Å². The summed E-state index contributed by atoms with van der Waals surface area (Å²) in [5.41, 5.74) is 6.66. The van der Waals surface area contributed by atoms with E-state index in [-0.39, 0.29) is 11.8 Å². The van der Waals surface area contributed by atoms with Crippen molar-refractivity contribution in [1.82, 2.24) is 4.90 Å². The quantitative estimate of drug-likeness (QED) is 0.920. The maximum absolute atomic E-state index is 12.1. The van der Waals surface area contributed by atoms with Crippen molar-refractivity contribution in [2.24, 2.45) is 5.73 Å². The molecule has 1 aliphatic heterocycles. The second kappa shape index (κ2) is 6.43. The minimum atomic E-state index is -4.67. The lowest BCUT2D eigenvalue weighted by Crippen LogP contribution is -2.41. The molecule has 7 heteroatoms. The SMILES string of the molecule is NCC(c1ccc(OC(F)(F)F)cc1)N1CCOCC1. The van der Waals surface area contributed by atoms with Gasteiger partial charge in [-0.1, -0.05) is 12.1 Å². The van der Waals surface area contributed by atoms with Crippen LogP contribution in [0.15, 0.2) is 24.3 Å². The molecule has 0 radical (unpaired) electrons. The molecule has 0 amide bonds. The van der Waals surface area contributed by atoms with Crippen LogP contribution < -0.4 is 10.5 Å². The molecule has 1 heterocycles. The van der Waals surface area contributed by atoms with Gasteiger partial charge in [0.2, 0.25) is 0 Å². The summed E-state index contributed by atoms with van der Waals surface area (Å²) in [6.45, 7) is 3.22. The molecular formula is C13H17F3N2O2. The highest BCUT2D eigenvalue weighted by atomic mass is 19.4. The van der Waals surface area contributed by atoms with E-state index in [0.717, 1.165) is 18.7 Å². The van der Waals surface area contributed by atoms with E-state index < -0.39 is 6.36 Å². The number of nitrogens with zero attached hydrogens (tertiary/aromatic N) is 1. The lowest BCUT2D eigenvalue weighted by molar-refractivity contribution is -0.274. The van der Waals surface area contributed by atoms with Gasteiger partial charge in [0.1, 0.15) is 5.75 Å². The van der Waals surface area contributed by atoms with Crippen molar-refractivity contribution < 1.29 is 22.6 Å². The molecule has 1 aromatic carbocycles. The van der Waals surface area contributed by atoms with Gasteiger partial charge in [0.25, 0.3) is 0 Å². The van der Waals surface area contributed by atoms with Crippen LogP contribution >= 0.6 is 0 Å². The molecule has 0 bridgehead atoms. The Kier molecular flexibility index (Phi) is 4.85. The van der Waals surface area contributed by atoms with Crippen molar-refractivity contribution in [2.75, 3.05) is 32.8 Å². The molecular weight excluding hydrogens is 273 g/mol. The summed E-state index contributed by atoms with van der Waals surface area (Å²) in [5, 5.41) is 0. The molecule has 0 spiro atoms. The highest BCUT2D eigenvalue weighted by molar-refractivity contribution is 5.29. The highest BCUT2D eigenvalue weighted by Gasteiger charge is 2.31. The van der Waals surface area contributed by atoms with Gasteiger partial charge in [0, 0.05) is 25.7 Å². The third-order valence-corrected chi connectivity index (χ3v) is 3.21. The highest BCUT2D eigenvalue weighted by Crippen LogP contribution is 2.26. The summed E-state index contributed by atoms with van der Waals surface area (Å²) in [7, 11) is 0. The molecule has 1 atom stereocenters. The van der Waals surface area contributed by atoms with E-state index in [9.17, 15) is 13.2 Å². The number of rotatable bonds is 4. The zero-order valence-electron chi connectivity index (χ0n) is 10.9. The Morgan fingerprint density at radius 1 is 1.20 bits per heavy atom. The molecule has 1 aromatic rings. The van der Waals surface area contributed by atoms with Gasteiger partial charge in [-0.15, -0.1) is 13.2 Å². The third kappa shape index (κ3) is 4.09. The number of hydrogen-bond donors (Lipinski definition) is 1. The second-order valence-corrected chi connectivity index (χ2v) is 4.52. The maximum Gasteiger partial charge on any atom is 0.573 e. The van der Waals surface area contributed by atoms with Gasteiger partial charge < -0.3 is 15.2 Å². The maximum atomic E-state index is 12.1. The van der Waals surface area contributed by atoms with Crippen LogP contribution in [0.3, 0.4) is 0 Å². The molecule has 112 valence electrons. The van der Waals surface area contributed by atoms with Crippen LogP contribution in [0.1, 0.15) is 11.6 Å². The van der Waals surface area contributed by atoms with Crippen LogP contribution in [0.4, 0.5) is 13.2 Å². The molecule has 1 aliphatic rings. The molecule has 1 saturated heterocycles. The van der Waals surface area contributed by atoms with Gasteiger partial charge in [0.15, 0.2) is 0 Å². The summed E-state index contributed by atoms with van der Waals surface area (Å²) in [4.78, 5) is 2.17. The number of ether oxygens (including phenoxy) is 2. The molecule has 0 saturated carbocycles. The van der Waals surface area contributed by atoms with Crippen LogP contribution in [0.5, 0.6) is 5.75 Å². The van der Waals surface area contributed by atoms with E-state index in [1.165, 1.54) is 12.1 Å². The smallest absolute Gasteiger partial charge is 0.406 e. The number of morpholine rings is 1. The first-order valence-electron chi connectivity index (χ1n) is 6.37. The summed E-state index contributed by atoms with van der Waals surface area (Å²) in [6, 6.07) is 5.85. The molecule has 1 fully saturated rings. The fourth-order valence-corrected chi connectivity index (χ4v) is 2.28. The van der Waals surface area contributed by atoms with Crippen molar-refractivity contribution in [3.63, 3.8) is 0 Å². The van der Waals surface area contributed by atoms with Crippen molar-refractivity contribution >= 4 is 0 Å². The molecule has 2 N–H and O–H groups in total. The molecule has 2 rings (SSSR count). The normalized spacial score (nSPS) is 18.8. The van der Waals surface area contributed by atoms with Gasteiger partial charge in [0.05, 0.1) is 13.2 Å². The number of halogens is 3. The standard InChI is InChI=1S/C13H17F3N2O2/c14-13(15,16)20-11-3-1-10(2-4-11)12(9-17)18-5-7-19-8-6-18/h1-4,12H,5-9,17H2. The van der Waals surface area contributed by atoms with E-state index in [4.69, 9.17) is 10.5 Å². The van der Waals surface area contributed by atoms with E-state index in [2.05, 4.69) is 9.64 Å². The number of nitrogens with two attached hydrogens (primary N) is 1. The summed E-state index contributed by atoms with van der Waals surface area (Å²) in [5.74, 6) is -0.223. The van der Waals surface area contributed by atoms with Crippen molar-refractivity contribution in [3.05, 3.63) is 29.8 Å². The largest absolute Gasteiger partial charge is 0.573 e. The van der Waals surface area contributed by atoms with Crippen LogP contribution in [0, 0.1) is 0 Å². The fraction of sp³-hybridized carbons (Fsp3) is 0.538.